The summed E-state index contributed by atoms with van der Waals surface area (Å²) in [5.41, 5.74) is 4.21. The quantitative estimate of drug-likeness (QED) is 0.357. The number of hydrogen-bond donors (Lipinski definition) is 1. The van der Waals surface area contributed by atoms with Crippen molar-refractivity contribution in [2.75, 3.05) is 5.32 Å². The van der Waals surface area contributed by atoms with Gasteiger partial charge in [-0.3, -0.25) is 4.40 Å². The van der Waals surface area contributed by atoms with Gasteiger partial charge >= 0.3 is 0 Å². The standard InChI is InChI=1S/C23H16ClF2N3S/c24-19-12-16(26)8-11-18(19)21-22(27-17-9-6-15(25)7-10-17)29-20(13-30-23(29)28-21)14-4-2-1-3-5-14/h1-2,4,6-13,27H,3,5H2. The summed E-state index contributed by atoms with van der Waals surface area (Å²) in [7, 11) is 0. The first kappa shape index (κ1) is 19.0. The fourth-order valence-electron chi connectivity index (χ4n) is 3.55. The molecule has 2 heterocycles. The molecule has 0 fully saturated rings. The van der Waals surface area contributed by atoms with Crippen molar-refractivity contribution in [3.8, 4) is 11.3 Å². The van der Waals surface area contributed by atoms with Crippen LogP contribution in [0.2, 0.25) is 5.02 Å². The summed E-state index contributed by atoms with van der Waals surface area (Å²) in [6.45, 7) is 0. The van der Waals surface area contributed by atoms with Crippen molar-refractivity contribution in [1.29, 1.82) is 0 Å². The molecule has 0 radical (unpaired) electrons. The van der Waals surface area contributed by atoms with Gasteiger partial charge in [0.2, 0.25) is 0 Å². The van der Waals surface area contributed by atoms with Gasteiger partial charge in [0.1, 0.15) is 23.1 Å². The van der Waals surface area contributed by atoms with Crippen molar-refractivity contribution in [1.82, 2.24) is 9.38 Å². The Hall–Kier alpha value is -2.96. The van der Waals surface area contributed by atoms with Crippen LogP contribution in [0, 0.1) is 11.6 Å². The van der Waals surface area contributed by atoms with Crippen LogP contribution in [-0.2, 0) is 0 Å². The van der Waals surface area contributed by atoms with Gasteiger partial charge in [0.15, 0.2) is 4.96 Å². The lowest BCUT2D eigenvalue weighted by Crippen LogP contribution is -2.00. The predicted molar refractivity (Wildman–Crippen MR) is 120 cm³/mol. The van der Waals surface area contributed by atoms with Crippen molar-refractivity contribution in [3.05, 3.63) is 88.4 Å². The first-order chi connectivity index (χ1) is 14.6. The zero-order chi connectivity index (χ0) is 20.7. The van der Waals surface area contributed by atoms with Gasteiger partial charge < -0.3 is 5.32 Å². The molecule has 0 amide bonds. The average Bonchev–Trinajstić information content (AvgIpc) is 3.31. The van der Waals surface area contributed by atoms with Crippen molar-refractivity contribution >= 4 is 45.0 Å². The molecule has 0 saturated carbocycles. The maximum absolute atomic E-state index is 13.6. The van der Waals surface area contributed by atoms with Gasteiger partial charge in [-0.15, -0.1) is 11.3 Å². The van der Waals surface area contributed by atoms with Crippen molar-refractivity contribution < 1.29 is 8.78 Å². The molecule has 0 atom stereocenters. The molecule has 0 spiro atoms. The van der Waals surface area contributed by atoms with Gasteiger partial charge in [0.05, 0.1) is 10.7 Å². The molecular weight excluding hydrogens is 424 g/mol. The number of fused-ring (bicyclic) bond motifs is 1. The second kappa shape index (κ2) is 7.70. The molecule has 4 aromatic rings. The zero-order valence-corrected chi connectivity index (χ0v) is 17.3. The molecule has 30 heavy (non-hydrogen) atoms. The number of hydrogen-bond acceptors (Lipinski definition) is 3. The Morgan fingerprint density at radius 2 is 1.87 bits per heavy atom. The topological polar surface area (TPSA) is 29.3 Å². The predicted octanol–water partition coefficient (Wildman–Crippen LogP) is 7.47. The lowest BCUT2D eigenvalue weighted by Gasteiger charge is -2.13. The van der Waals surface area contributed by atoms with Crippen LogP contribution in [0.5, 0.6) is 0 Å². The van der Waals surface area contributed by atoms with Crippen LogP contribution in [0.3, 0.4) is 0 Å². The van der Waals surface area contributed by atoms with Gasteiger partial charge in [0.25, 0.3) is 0 Å². The second-order valence-electron chi connectivity index (χ2n) is 6.96. The van der Waals surface area contributed by atoms with Gasteiger partial charge in [-0.1, -0.05) is 29.8 Å². The maximum Gasteiger partial charge on any atom is 0.196 e. The summed E-state index contributed by atoms with van der Waals surface area (Å²) in [6, 6.07) is 10.4. The van der Waals surface area contributed by atoms with E-state index in [9.17, 15) is 8.78 Å². The normalized spacial score (nSPS) is 13.6. The number of halogens is 3. The van der Waals surface area contributed by atoms with E-state index in [1.165, 1.54) is 41.2 Å². The van der Waals surface area contributed by atoms with Crippen LogP contribution in [0.1, 0.15) is 18.5 Å². The van der Waals surface area contributed by atoms with E-state index >= 15 is 0 Å². The van der Waals surface area contributed by atoms with Crippen molar-refractivity contribution in [3.63, 3.8) is 0 Å². The molecule has 1 aliphatic carbocycles. The van der Waals surface area contributed by atoms with Crippen LogP contribution >= 0.6 is 22.9 Å². The van der Waals surface area contributed by atoms with Gasteiger partial charge in [-0.2, -0.15) is 0 Å². The van der Waals surface area contributed by atoms with Crippen LogP contribution in [0.4, 0.5) is 20.3 Å². The van der Waals surface area contributed by atoms with Crippen molar-refractivity contribution in [2.24, 2.45) is 0 Å². The Labute approximate surface area is 181 Å². The minimum Gasteiger partial charge on any atom is -0.339 e. The third-order valence-electron chi connectivity index (χ3n) is 5.00. The summed E-state index contributed by atoms with van der Waals surface area (Å²) in [6.07, 6.45) is 8.22. The largest absolute Gasteiger partial charge is 0.339 e. The molecular formula is C23H16ClF2N3S. The van der Waals surface area contributed by atoms with E-state index in [0.29, 0.717) is 22.8 Å². The zero-order valence-electron chi connectivity index (χ0n) is 15.7. The average molecular weight is 440 g/mol. The van der Waals surface area contributed by atoms with Gasteiger partial charge in [0, 0.05) is 16.6 Å². The van der Waals surface area contributed by atoms with E-state index in [1.54, 1.807) is 18.2 Å². The number of benzene rings is 2. The fourth-order valence-corrected chi connectivity index (χ4v) is 4.72. The number of imidazole rings is 1. The Morgan fingerprint density at radius 3 is 2.60 bits per heavy atom. The smallest absolute Gasteiger partial charge is 0.196 e. The van der Waals surface area contributed by atoms with E-state index in [1.807, 2.05) is 4.40 Å². The van der Waals surface area contributed by atoms with Crippen LogP contribution in [0.25, 0.3) is 21.8 Å². The summed E-state index contributed by atoms with van der Waals surface area (Å²) in [4.78, 5) is 5.59. The summed E-state index contributed by atoms with van der Waals surface area (Å²) < 4.78 is 29.1. The third-order valence-corrected chi connectivity index (χ3v) is 6.14. The number of nitrogens with zero attached hydrogens (tertiary/aromatic N) is 2. The molecule has 0 saturated heterocycles. The number of thiazole rings is 1. The highest BCUT2D eigenvalue weighted by atomic mass is 35.5. The third kappa shape index (κ3) is 3.42. The van der Waals surface area contributed by atoms with Crippen molar-refractivity contribution in [2.45, 2.75) is 12.8 Å². The first-order valence-corrected chi connectivity index (χ1v) is 10.7. The highest BCUT2D eigenvalue weighted by Gasteiger charge is 2.22. The number of anilines is 2. The minimum atomic E-state index is -0.405. The monoisotopic (exact) mass is 439 g/mol. The SMILES string of the molecule is Fc1ccc(Nc2c(-c3ccc(F)cc3Cl)nc3scc(C4=CC=CCC4)n23)cc1. The minimum absolute atomic E-state index is 0.282. The molecule has 3 nitrogen and oxygen atoms in total. The Kier molecular flexibility index (Phi) is 4.89. The molecule has 0 unspecified atom stereocenters. The summed E-state index contributed by atoms with van der Waals surface area (Å²) >= 11 is 7.89. The van der Waals surface area contributed by atoms with E-state index in [4.69, 9.17) is 16.6 Å². The number of rotatable bonds is 4. The highest BCUT2D eigenvalue weighted by molar-refractivity contribution is 7.15. The van der Waals surface area contributed by atoms with Gasteiger partial charge in [-0.25, -0.2) is 13.8 Å². The van der Waals surface area contributed by atoms with E-state index in [-0.39, 0.29) is 10.8 Å². The Morgan fingerprint density at radius 1 is 1.07 bits per heavy atom. The number of nitrogens with one attached hydrogen (secondary N) is 1. The molecule has 2 aromatic carbocycles. The molecule has 1 aliphatic rings. The maximum atomic E-state index is 13.6. The van der Waals surface area contributed by atoms with E-state index in [2.05, 4.69) is 28.9 Å². The fraction of sp³-hybridized carbons (Fsp3) is 0.0870. The van der Waals surface area contributed by atoms with Gasteiger partial charge in [-0.05, 0) is 60.9 Å². The lowest BCUT2D eigenvalue weighted by atomic mass is 10.0. The molecule has 5 rings (SSSR count). The molecule has 7 heteroatoms. The molecule has 0 aliphatic heterocycles. The van der Waals surface area contributed by atoms with Crippen LogP contribution < -0.4 is 5.32 Å². The number of allylic oxidation sites excluding steroid dienone is 4. The summed E-state index contributed by atoms with van der Waals surface area (Å²) in [5, 5.41) is 5.74. The lowest BCUT2D eigenvalue weighted by molar-refractivity contribution is 0.627. The Balaban J connectivity index is 1.73. The molecule has 150 valence electrons. The summed E-state index contributed by atoms with van der Waals surface area (Å²) in [5.74, 6) is -0.00868. The molecule has 0 bridgehead atoms. The van der Waals surface area contributed by atoms with E-state index < -0.39 is 5.82 Å². The highest BCUT2D eigenvalue weighted by Crippen LogP contribution is 2.39. The van der Waals surface area contributed by atoms with Crippen LogP contribution in [-0.4, -0.2) is 9.38 Å². The second-order valence-corrected chi connectivity index (χ2v) is 8.21. The van der Waals surface area contributed by atoms with E-state index in [0.717, 1.165) is 23.5 Å². The first-order valence-electron chi connectivity index (χ1n) is 9.44. The Bertz CT molecular complexity index is 1300. The molecule has 1 N–H and O–H groups in total. The van der Waals surface area contributed by atoms with Crippen LogP contribution in [0.15, 0.2) is 66.1 Å². The molecule has 2 aromatic heterocycles. The number of aromatic nitrogens is 2.